The largest absolute Gasteiger partial charge is 0.381 e. The first kappa shape index (κ1) is 15.0. The topological polar surface area (TPSA) is 73.2 Å². The highest BCUT2D eigenvalue weighted by Crippen LogP contribution is 2.34. The smallest absolute Gasteiger partial charge is 0.215 e. The van der Waals surface area contributed by atoms with Crippen molar-refractivity contribution in [3.8, 4) is 0 Å². The zero-order valence-electron chi connectivity index (χ0n) is 12.4. The first-order valence-electron chi connectivity index (χ1n) is 7.71. The van der Waals surface area contributed by atoms with Crippen LogP contribution < -0.4 is 4.72 Å². The maximum absolute atomic E-state index is 12.4. The summed E-state index contributed by atoms with van der Waals surface area (Å²) in [7, 11) is -3.23. The van der Waals surface area contributed by atoms with Crippen LogP contribution >= 0.6 is 0 Å². The molecule has 118 valence electrons. The van der Waals surface area contributed by atoms with Crippen LogP contribution in [0.3, 0.4) is 0 Å². The third kappa shape index (κ3) is 3.30. The van der Waals surface area contributed by atoms with Gasteiger partial charge in [0.25, 0.3) is 0 Å². The van der Waals surface area contributed by atoms with Gasteiger partial charge in [0.05, 0.1) is 11.3 Å². The van der Waals surface area contributed by atoms with Crippen molar-refractivity contribution in [2.75, 3.05) is 13.2 Å². The van der Waals surface area contributed by atoms with Crippen molar-refractivity contribution >= 4 is 10.0 Å². The molecule has 1 aromatic heterocycles. The minimum atomic E-state index is -3.23. The van der Waals surface area contributed by atoms with Crippen molar-refractivity contribution < 1.29 is 13.2 Å². The first-order valence-corrected chi connectivity index (χ1v) is 9.26. The molecule has 0 aromatic carbocycles. The normalized spacial score (nSPS) is 22.3. The Hall–Kier alpha value is -0.920. The molecule has 1 N–H and O–H groups in total. The number of aromatic nitrogens is 2. The van der Waals surface area contributed by atoms with Gasteiger partial charge < -0.3 is 9.30 Å². The van der Waals surface area contributed by atoms with E-state index in [-0.39, 0.29) is 17.2 Å². The molecule has 1 saturated carbocycles. The van der Waals surface area contributed by atoms with Crippen LogP contribution in [-0.4, -0.2) is 36.4 Å². The summed E-state index contributed by atoms with van der Waals surface area (Å²) in [6.07, 6.45) is 6.95. The van der Waals surface area contributed by atoms with Gasteiger partial charge in [0.2, 0.25) is 10.0 Å². The van der Waals surface area contributed by atoms with E-state index in [9.17, 15) is 8.42 Å². The molecule has 1 saturated heterocycles. The molecule has 1 aromatic rings. The second kappa shape index (κ2) is 6.06. The molecule has 2 heterocycles. The fraction of sp³-hybridized carbons (Fsp3) is 0.786. The van der Waals surface area contributed by atoms with Crippen molar-refractivity contribution in [1.82, 2.24) is 14.3 Å². The molecule has 1 aliphatic carbocycles. The van der Waals surface area contributed by atoms with Gasteiger partial charge in [-0.3, -0.25) is 0 Å². The Morgan fingerprint density at radius 1 is 1.38 bits per heavy atom. The van der Waals surface area contributed by atoms with Crippen molar-refractivity contribution in [1.29, 1.82) is 0 Å². The summed E-state index contributed by atoms with van der Waals surface area (Å²) in [5.74, 6) is 1.08. The highest BCUT2D eigenvalue weighted by atomic mass is 32.2. The molecule has 2 fully saturated rings. The van der Waals surface area contributed by atoms with Gasteiger partial charge in [-0.15, -0.1) is 0 Å². The molecule has 0 radical (unpaired) electrons. The van der Waals surface area contributed by atoms with Crippen LogP contribution in [0.15, 0.2) is 12.4 Å². The third-order valence-electron chi connectivity index (χ3n) is 4.36. The number of imidazole rings is 1. The predicted octanol–water partition coefficient (Wildman–Crippen LogP) is 1.45. The molecule has 6 nitrogen and oxygen atoms in total. The van der Waals surface area contributed by atoms with Crippen LogP contribution in [0.4, 0.5) is 0 Å². The number of nitrogens with one attached hydrogen (secondary N) is 1. The monoisotopic (exact) mass is 313 g/mol. The zero-order chi connectivity index (χ0) is 14.9. The summed E-state index contributed by atoms with van der Waals surface area (Å²) in [6.45, 7) is 4.22. The van der Waals surface area contributed by atoms with Gasteiger partial charge in [-0.25, -0.2) is 18.1 Å². The van der Waals surface area contributed by atoms with Gasteiger partial charge in [0.15, 0.2) is 0 Å². The molecule has 3 rings (SSSR count). The van der Waals surface area contributed by atoms with Gasteiger partial charge in [-0.1, -0.05) is 0 Å². The lowest BCUT2D eigenvalue weighted by molar-refractivity contribution is 0.0550. The summed E-state index contributed by atoms with van der Waals surface area (Å²) in [5.41, 5.74) is 0. The molecule has 0 unspecified atom stereocenters. The van der Waals surface area contributed by atoms with Crippen molar-refractivity contribution in [3.05, 3.63) is 18.2 Å². The molecule has 0 spiro atoms. The first-order chi connectivity index (χ1) is 10.1. The van der Waals surface area contributed by atoms with Gasteiger partial charge in [0.1, 0.15) is 5.82 Å². The van der Waals surface area contributed by atoms with E-state index in [1.54, 1.807) is 6.20 Å². The van der Waals surface area contributed by atoms with E-state index in [1.165, 1.54) is 0 Å². The molecular formula is C14H23N3O3S. The van der Waals surface area contributed by atoms with E-state index in [0.717, 1.165) is 38.1 Å². The van der Waals surface area contributed by atoms with E-state index in [4.69, 9.17) is 4.74 Å². The van der Waals surface area contributed by atoms with E-state index in [2.05, 4.69) is 9.71 Å². The van der Waals surface area contributed by atoms with Crippen molar-refractivity contribution in [2.24, 2.45) is 5.92 Å². The summed E-state index contributed by atoms with van der Waals surface area (Å²) in [5, 5.41) is -0.204. The van der Waals surface area contributed by atoms with Gasteiger partial charge in [-0.2, -0.15) is 0 Å². The molecule has 2 aliphatic rings. The summed E-state index contributed by atoms with van der Waals surface area (Å²) >= 11 is 0. The number of ether oxygens (including phenoxy) is 1. The zero-order valence-corrected chi connectivity index (χ0v) is 13.2. The van der Waals surface area contributed by atoms with Gasteiger partial charge in [-0.05, 0) is 38.5 Å². The lowest BCUT2D eigenvalue weighted by Gasteiger charge is -2.30. The lowest BCUT2D eigenvalue weighted by atomic mass is 9.92. The number of sulfonamides is 1. The SMILES string of the molecule is CCn1ccnc1[C@H](NS(=O)(=O)C1CC1)C1CCOCC1. The summed E-state index contributed by atoms with van der Waals surface area (Å²) < 4.78 is 35.1. The number of hydrogen-bond acceptors (Lipinski definition) is 4. The van der Waals surface area contributed by atoms with Gasteiger partial charge >= 0.3 is 0 Å². The van der Waals surface area contributed by atoms with Crippen LogP contribution in [-0.2, 0) is 21.3 Å². The predicted molar refractivity (Wildman–Crippen MR) is 79.3 cm³/mol. The third-order valence-corrected chi connectivity index (χ3v) is 6.29. The molecule has 21 heavy (non-hydrogen) atoms. The number of hydrogen-bond donors (Lipinski definition) is 1. The van der Waals surface area contributed by atoms with E-state index in [0.29, 0.717) is 13.2 Å². The highest BCUT2D eigenvalue weighted by molar-refractivity contribution is 7.90. The Morgan fingerprint density at radius 3 is 2.71 bits per heavy atom. The minimum Gasteiger partial charge on any atom is -0.381 e. The van der Waals surface area contributed by atoms with Gasteiger partial charge in [0, 0.05) is 32.2 Å². The Labute approximate surface area is 125 Å². The highest BCUT2D eigenvalue weighted by Gasteiger charge is 2.40. The molecule has 7 heteroatoms. The fourth-order valence-corrected chi connectivity index (χ4v) is 4.53. The molecule has 1 atom stereocenters. The second-order valence-electron chi connectivity index (χ2n) is 5.86. The van der Waals surface area contributed by atoms with Crippen LogP contribution in [0.1, 0.15) is 44.5 Å². The molecule has 0 amide bonds. The quantitative estimate of drug-likeness (QED) is 0.863. The van der Waals surface area contributed by atoms with Crippen molar-refractivity contribution in [3.63, 3.8) is 0 Å². The standard InChI is InChI=1S/C14H23N3O3S/c1-2-17-8-7-15-14(17)13(11-5-9-20-10-6-11)16-21(18,19)12-3-4-12/h7-8,11-13,16H,2-6,9-10H2,1H3/t13-/m1/s1. The molecule has 1 aliphatic heterocycles. The van der Waals surface area contributed by atoms with E-state index < -0.39 is 10.0 Å². The maximum Gasteiger partial charge on any atom is 0.215 e. The second-order valence-corrected chi connectivity index (χ2v) is 7.85. The number of aryl methyl sites for hydroxylation is 1. The Kier molecular flexibility index (Phi) is 4.33. The Bertz CT molecular complexity index is 574. The lowest BCUT2D eigenvalue weighted by Crippen LogP contribution is -2.39. The maximum atomic E-state index is 12.4. The summed E-state index contributed by atoms with van der Waals surface area (Å²) in [6, 6.07) is -0.241. The Balaban J connectivity index is 1.86. The fourth-order valence-electron chi connectivity index (χ4n) is 2.93. The van der Waals surface area contributed by atoms with Crippen LogP contribution in [0, 0.1) is 5.92 Å². The van der Waals surface area contributed by atoms with E-state index >= 15 is 0 Å². The Morgan fingerprint density at radius 2 is 2.10 bits per heavy atom. The number of rotatable bonds is 6. The van der Waals surface area contributed by atoms with Crippen LogP contribution in [0.2, 0.25) is 0 Å². The minimum absolute atomic E-state index is 0.204. The average Bonchev–Trinajstić information content (AvgIpc) is 3.25. The van der Waals surface area contributed by atoms with Crippen LogP contribution in [0.5, 0.6) is 0 Å². The van der Waals surface area contributed by atoms with Crippen molar-refractivity contribution in [2.45, 2.75) is 50.4 Å². The molecule has 0 bridgehead atoms. The average molecular weight is 313 g/mol. The van der Waals surface area contributed by atoms with E-state index in [1.807, 2.05) is 17.7 Å². The molecular weight excluding hydrogens is 290 g/mol. The summed E-state index contributed by atoms with van der Waals surface area (Å²) in [4.78, 5) is 4.42. The van der Waals surface area contributed by atoms with Crippen LogP contribution in [0.25, 0.3) is 0 Å². The number of nitrogens with zero attached hydrogens (tertiary/aromatic N) is 2.